The molecule has 0 aliphatic rings. The van der Waals surface area contributed by atoms with E-state index in [1.54, 1.807) is 30.0 Å². The maximum atomic E-state index is 13.0. The van der Waals surface area contributed by atoms with Crippen LogP contribution >= 0.6 is 0 Å². The Hall–Kier alpha value is -3.35. The predicted octanol–water partition coefficient (Wildman–Crippen LogP) is 4.32. The van der Waals surface area contributed by atoms with Crippen LogP contribution in [-0.4, -0.2) is 32.5 Å². The molecule has 0 saturated heterocycles. The first-order chi connectivity index (χ1) is 16.2. The van der Waals surface area contributed by atoms with Crippen molar-refractivity contribution in [2.24, 2.45) is 0 Å². The van der Waals surface area contributed by atoms with Gasteiger partial charge in [0.2, 0.25) is 0 Å². The third-order valence-corrected chi connectivity index (χ3v) is 5.60. The summed E-state index contributed by atoms with van der Waals surface area (Å²) in [4.78, 5) is 25.0. The molecule has 0 N–H and O–H groups in total. The van der Waals surface area contributed by atoms with E-state index in [9.17, 15) is 9.59 Å². The van der Waals surface area contributed by atoms with E-state index in [-0.39, 0.29) is 5.69 Å². The van der Waals surface area contributed by atoms with Crippen molar-refractivity contribution in [2.45, 2.75) is 72.6 Å². The zero-order chi connectivity index (χ0) is 24.7. The molecule has 0 fully saturated rings. The Morgan fingerprint density at radius 1 is 0.971 bits per heavy atom. The van der Waals surface area contributed by atoms with Gasteiger partial charge in [-0.25, -0.2) is 14.3 Å². The van der Waals surface area contributed by atoms with Gasteiger partial charge in [0.25, 0.3) is 0 Å². The summed E-state index contributed by atoms with van der Waals surface area (Å²) >= 11 is 0. The normalized spacial score (nSPS) is 11.4. The maximum absolute atomic E-state index is 13.0. The first-order valence-corrected chi connectivity index (χ1v) is 11.9. The molecule has 182 valence electrons. The minimum Gasteiger partial charge on any atom is -0.476 e. The number of hydrogen-bond acceptors (Lipinski definition) is 5. The van der Waals surface area contributed by atoms with Crippen molar-refractivity contribution in [1.82, 2.24) is 14.3 Å². The molecule has 7 nitrogen and oxygen atoms in total. The second-order valence-electron chi connectivity index (χ2n) is 8.97. The Morgan fingerprint density at radius 3 is 2.24 bits per heavy atom. The average molecular weight is 466 g/mol. The lowest BCUT2D eigenvalue weighted by Gasteiger charge is -2.24. The molecule has 0 unspecified atom stereocenters. The van der Waals surface area contributed by atoms with Gasteiger partial charge in [0.05, 0.1) is 13.2 Å². The van der Waals surface area contributed by atoms with Gasteiger partial charge in [0.15, 0.2) is 5.60 Å². The van der Waals surface area contributed by atoms with Gasteiger partial charge in [-0.2, -0.15) is 5.10 Å². The molecule has 2 aromatic carbocycles. The first-order valence-electron chi connectivity index (χ1n) is 11.9. The lowest BCUT2D eigenvalue weighted by Crippen LogP contribution is -2.39. The van der Waals surface area contributed by atoms with Crippen LogP contribution in [0, 0.1) is 6.92 Å². The highest BCUT2D eigenvalue weighted by Gasteiger charge is 2.31. The van der Waals surface area contributed by atoms with E-state index in [2.05, 4.69) is 12.0 Å². The summed E-state index contributed by atoms with van der Waals surface area (Å²) in [6.07, 6.45) is 2.27. The second kappa shape index (κ2) is 11.2. The molecule has 0 aliphatic heterocycles. The number of carbonyl (C=O) groups excluding carboxylic acids is 1. The molecule has 0 aliphatic carbocycles. The molecule has 0 bridgehead atoms. The molecule has 0 saturated carbocycles. The van der Waals surface area contributed by atoms with Crippen LogP contribution in [0.1, 0.15) is 56.6 Å². The fourth-order valence-electron chi connectivity index (χ4n) is 3.71. The molecule has 1 heterocycles. The number of ether oxygens (including phenoxy) is 2. The summed E-state index contributed by atoms with van der Waals surface area (Å²) in [6, 6.07) is 15.8. The standard InChI is InChI=1S/C27H35N3O4/c1-6-18-29-24(28-30(26(29)32)19-22-10-8-20(3)9-11-22)17-14-21-12-15-23(16-13-21)34-27(4,5)25(31)33-7-2/h8-13,15-16H,6-7,14,17-19H2,1-5H3. The Kier molecular flexibility index (Phi) is 8.31. The molecule has 7 heteroatoms. The molecular weight excluding hydrogens is 430 g/mol. The van der Waals surface area contributed by atoms with E-state index in [4.69, 9.17) is 9.47 Å². The van der Waals surface area contributed by atoms with Gasteiger partial charge in [-0.1, -0.05) is 48.9 Å². The van der Waals surface area contributed by atoms with Gasteiger partial charge in [-0.15, -0.1) is 0 Å². The highest BCUT2D eigenvalue weighted by Crippen LogP contribution is 2.21. The van der Waals surface area contributed by atoms with Crippen molar-refractivity contribution in [2.75, 3.05) is 6.61 Å². The van der Waals surface area contributed by atoms with Crippen LogP contribution in [0.2, 0.25) is 0 Å². The fraction of sp³-hybridized carbons (Fsp3) is 0.444. The number of benzene rings is 2. The highest BCUT2D eigenvalue weighted by molar-refractivity contribution is 5.79. The van der Waals surface area contributed by atoms with E-state index >= 15 is 0 Å². The number of rotatable bonds is 11. The van der Waals surface area contributed by atoms with Crippen molar-refractivity contribution in [3.05, 3.63) is 81.5 Å². The summed E-state index contributed by atoms with van der Waals surface area (Å²) in [7, 11) is 0. The largest absolute Gasteiger partial charge is 0.476 e. The lowest BCUT2D eigenvalue weighted by molar-refractivity contribution is -0.158. The molecule has 1 aromatic heterocycles. The van der Waals surface area contributed by atoms with Crippen molar-refractivity contribution in [3.63, 3.8) is 0 Å². The van der Waals surface area contributed by atoms with E-state index in [0.717, 1.165) is 29.8 Å². The average Bonchev–Trinajstić information content (AvgIpc) is 3.09. The summed E-state index contributed by atoms with van der Waals surface area (Å²) in [5, 5.41) is 4.66. The minimum atomic E-state index is -1.06. The summed E-state index contributed by atoms with van der Waals surface area (Å²) in [5.41, 5.74) is 2.22. The van der Waals surface area contributed by atoms with Gasteiger partial charge < -0.3 is 9.47 Å². The topological polar surface area (TPSA) is 75.3 Å². The van der Waals surface area contributed by atoms with Gasteiger partial charge in [-0.3, -0.25) is 4.57 Å². The number of nitrogens with zero attached hydrogens (tertiary/aromatic N) is 3. The van der Waals surface area contributed by atoms with Crippen LogP contribution in [0.4, 0.5) is 0 Å². The lowest BCUT2D eigenvalue weighted by atomic mass is 10.1. The third kappa shape index (κ3) is 6.37. The zero-order valence-corrected chi connectivity index (χ0v) is 20.8. The number of carbonyl (C=O) groups is 1. The van der Waals surface area contributed by atoms with Crippen molar-refractivity contribution < 1.29 is 14.3 Å². The van der Waals surface area contributed by atoms with Crippen LogP contribution in [0.3, 0.4) is 0 Å². The fourth-order valence-corrected chi connectivity index (χ4v) is 3.71. The van der Waals surface area contributed by atoms with Gasteiger partial charge in [0.1, 0.15) is 11.6 Å². The Bertz CT molecular complexity index is 1140. The molecular formula is C27H35N3O4. The number of hydrogen-bond donors (Lipinski definition) is 0. The number of aromatic nitrogens is 3. The molecule has 0 radical (unpaired) electrons. The van der Waals surface area contributed by atoms with Crippen molar-refractivity contribution >= 4 is 5.97 Å². The van der Waals surface area contributed by atoms with Crippen LogP contribution < -0.4 is 10.4 Å². The van der Waals surface area contributed by atoms with Gasteiger partial charge in [-0.05, 0) is 63.8 Å². The smallest absolute Gasteiger partial charge is 0.349 e. The predicted molar refractivity (Wildman–Crippen MR) is 132 cm³/mol. The third-order valence-electron chi connectivity index (χ3n) is 5.60. The molecule has 0 amide bonds. The molecule has 0 atom stereocenters. The van der Waals surface area contributed by atoms with Crippen molar-refractivity contribution in [1.29, 1.82) is 0 Å². The van der Waals surface area contributed by atoms with E-state index in [1.807, 2.05) is 55.5 Å². The molecule has 0 spiro atoms. The van der Waals surface area contributed by atoms with Crippen LogP contribution in [-0.2, 0) is 35.5 Å². The van der Waals surface area contributed by atoms with Gasteiger partial charge >= 0.3 is 11.7 Å². The minimum absolute atomic E-state index is 0.0673. The van der Waals surface area contributed by atoms with Gasteiger partial charge in [0, 0.05) is 13.0 Å². The summed E-state index contributed by atoms with van der Waals surface area (Å²) < 4.78 is 14.3. The summed E-state index contributed by atoms with van der Waals surface area (Å²) in [5.74, 6) is 1.00. The van der Waals surface area contributed by atoms with Crippen LogP contribution in [0.15, 0.2) is 53.3 Å². The Balaban J connectivity index is 1.69. The van der Waals surface area contributed by atoms with Crippen molar-refractivity contribution in [3.8, 4) is 5.75 Å². The monoisotopic (exact) mass is 465 g/mol. The SMILES string of the molecule is CCCn1c(CCc2ccc(OC(C)(C)C(=O)OCC)cc2)nn(Cc2ccc(C)cc2)c1=O. The molecule has 34 heavy (non-hydrogen) atoms. The first kappa shape index (κ1) is 25.3. The van der Waals surface area contributed by atoms with E-state index in [0.29, 0.717) is 31.9 Å². The summed E-state index contributed by atoms with van der Waals surface area (Å²) in [6.45, 7) is 10.7. The maximum Gasteiger partial charge on any atom is 0.349 e. The van der Waals surface area contributed by atoms with Crippen LogP contribution in [0.25, 0.3) is 0 Å². The Labute approximate surface area is 201 Å². The van der Waals surface area contributed by atoms with Crippen LogP contribution in [0.5, 0.6) is 5.75 Å². The highest BCUT2D eigenvalue weighted by atomic mass is 16.6. The van der Waals surface area contributed by atoms with E-state index in [1.165, 1.54) is 5.56 Å². The van der Waals surface area contributed by atoms with E-state index < -0.39 is 11.6 Å². The number of aryl methyl sites for hydroxylation is 3. The molecule has 3 aromatic rings. The molecule has 3 rings (SSSR count). The quantitative estimate of drug-likeness (QED) is 0.394. The Morgan fingerprint density at radius 2 is 1.62 bits per heavy atom. The zero-order valence-electron chi connectivity index (χ0n) is 20.8. The second-order valence-corrected chi connectivity index (χ2v) is 8.97. The number of esters is 1.